The molecule has 6 heterocycles. The summed E-state index contributed by atoms with van der Waals surface area (Å²) in [5.41, 5.74) is 0.516. The van der Waals surface area contributed by atoms with Crippen molar-refractivity contribution in [1.29, 1.82) is 0 Å². The first-order valence-corrected chi connectivity index (χ1v) is 19.3. The summed E-state index contributed by atoms with van der Waals surface area (Å²) in [5.74, 6) is 0.401. The van der Waals surface area contributed by atoms with E-state index in [1.165, 1.54) is 6.20 Å². The van der Waals surface area contributed by atoms with Crippen molar-refractivity contribution in [2.24, 2.45) is 4.36 Å². The number of benzene rings is 1. The second-order valence-electron chi connectivity index (χ2n) is 12.8. The monoisotopic (exact) mass is 773 g/mol. The summed E-state index contributed by atoms with van der Waals surface area (Å²) in [6.45, 7) is 3.23. The van der Waals surface area contributed by atoms with Gasteiger partial charge in [-0.2, -0.15) is 27.0 Å². The number of anilines is 2. The Morgan fingerprint density at radius 3 is 2.55 bits per heavy atom. The largest absolute Gasteiger partial charge is 0.416 e. The first kappa shape index (κ1) is 36.5. The standard InChI is InChI=1S/C34H35ClF3N9O5S/c1-2-26-29(44-11-13-45(14-12-44)31(49)28-25(5-3-10-39-28)43-53(51)17-4-18-53)32(50)47-33(41-30(42-47)21-8-15-52-16-9-21)46(26)20-27(48)40-24-7-6-22(19-23(24)35)34(36,37)38/h3,5-8,10,19H,2,4,9,11-18,20H2,1H3,(H,40,48). The number of fused-ring (bicyclic) bond motifs is 1. The topological polar surface area (TPSA) is 156 Å². The highest BCUT2D eigenvalue weighted by Gasteiger charge is 2.33. The number of aromatic nitrogens is 5. The highest BCUT2D eigenvalue weighted by Crippen LogP contribution is 2.34. The van der Waals surface area contributed by atoms with Crippen LogP contribution in [-0.4, -0.2) is 96.0 Å². The normalized spacial score (nSPS) is 17.3. The Hall–Kier alpha value is -4.81. The molecule has 0 saturated carbocycles. The Morgan fingerprint density at radius 2 is 1.91 bits per heavy atom. The van der Waals surface area contributed by atoms with Gasteiger partial charge in [-0.1, -0.05) is 24.6 Å². The molecule has 2 amide bonds. The third-order valence-electron chi connectivity index (χ3n) is 9.35. The second-order valence-corrected chi connectivity index (χ2v) is 15.7. The van der Waals surface area contributed by atoms with Crippen molar-refractivity contribution in [3.63, 3.8) is 0 Å². The summed E-state index contributed by atoms with van der Waals surface area (Å²) < 4.78 is 65.1. The van der Waals surface area contributed by atoms with E-state index in [-0.39, 0.29) is 66.5 Å². The van der Waals surface area contributed by atoms with Crippen LogP contribution in [0.1, 0.15) is 47.3 Å². The Balaban J connectivity index is 1.20. The minimum atomic E-state index is -4.61. The van der Waals surface area contributed by atoms with Crippen LogP contribution in [0.4, 0.5) is 30.2 Å². The number of carbonyl (C=O) groups is 2. The first-order valence-electron chi connectivity index (χ1n) is 17.0. The quantitative estimate of drug-likeness (QED) is 0.274. The average molecular weight is 774 g/mol. The number of amides is 2. The Kier molecular flexibility index (Phi) is 10.0. The SMILES string of the molecule is CCc1c(N2CCN(C(=O)c3ncccc3N=S3(=O)CCC3)CC2)c(=O)n2nc(C3=CCOCC3)nc2n1CC(=O)Nc1ccc(C(F)(F)F)cc1Cl. The van der Waals surface area contributed by atoms with E-state index in [0.29, 0.717) is 54.8 Å². The molecule has 0 spiro atoms. The number of rotatable bonds is 8. The zero-order valence-corrected chi connectivity index (χ0v) is 30.1. The second kappa shape index (κ2) is 14.5. The van der Waals surface area contributed by atoms with Crippen LogP contribution in [0.2, 0.25) is 5.02 Å². The fraction of sp³-hybridized carbons (Fsp3) is 0.412. The lowest BCUT2D eigenvalue weighted by molar-refractivity contribution is -0.137. The van der Waals surface area contributed by atoms with Crippen LogP contribution < -0.4 is 15.8 Å². The molecule has 280 valence electrons. The molecule has 2 saturated heterocycles. The number of carbonyl (C=O) groups excluding carboxylic acids is 2. The van der Waals surface area contributed by atoms with Crippen molar-refractivity contribution in [1.82, 2.24) is 29.0 Å². The number of piperazine rings is 1. The number of hydrogen-bond donors (Lipinski definition) is 1. The fourth-order valence-electron chi connectivity index (χ4n) is 6.50. The van der Waals surface area contributed by atoms with Gasteiger partial charge < -0.3 is 24.4 Å². The van der Waals surface area contributed by atoms with E-state index >= 15 is 0 Å². The minimum absolute atomic E-state index is 0.0151. The van der Waals surface area contributed by atoms with Gasteiger partial charge in [-0.05, 0) is 55.2 Å². The molecule has 3 aliphatic heterocycles. The lowest BCUT2D eigenvalue weighted by Crippen LogP contribution is -2.51. The number of ether oxygens (including phenoxy) is 1. The van der Waals surface area contributed by atoms with E-state index in [1.54, 1.807) is 21.6 Å². The highest BCUT2D eigenvalue weighted by molar-refractivity contribution is 7.95. The summed E-state index contributed by atoms with van der Waals surface area (Å²) in [7, 11) is -2.38. The molecule has 3 aromatic heterocycles. The van der Waals surface area contributed by atoms with Crippen LogP contribution in [0.15, 0.2) is 51.8 Å². The van der Waals surface area contributed by atoms with Gasteiger partial charge in [0.2, 0.25) is 11.7 Å². The van der Waals surface area contributed by atoms with Gasteiger partial charge in [-0.15, -0.1) is 5.10 Å². The molecular formula is C34H35ClF3N9O5S. The molecule has 1 aromatic carbocycles. The summed E-state index contributed by atoms with van der Waals surface area (Å²) in [5, 5.41) is 6.85. The number of alkyl halides is 3. The summed E-state index contributed by atoms with van der Waals surface area (Å²) in [4.78, 5) is 53.9. The van der Waals surface area contributed by atoms with Gasteiger partial charge in [-0.25, -0.2) is 9.19 Å². The van der Waals surface area contributed by atoms with Crippen molar-refractivity contribution < 1.29 is 31.7 Å². The Bertz CT molecular complexity index is 2320. The zero-order valence-electron chi connectivity index (χ0n) is 28.6. The fourth-order valence-corrected chi connectivity index (χ4v) is 8.20. The molecule has 0 bridgehead atoms. The molecule has 14 nitrogen and oxygen atoms in total. The lowest BCUT2D eigenvalue weighted by Gasteiger charge is -2.36. The third kappa shape index (κ3) is 7.39. The number of pyridine rings is 1. The van der Waals surface area contributed by atoms with Gasteiger partial charge in [0.15, 0.2) is 11.5 Å². The van der Waals surface area contributed by atoms with Gasteiger partial charge in [0, 0.05) is 43.9 Å². The van der Waals surface area contributed by atoms with Gasteiger partial charge in [0.1, 0.15) is 17.9 Å². The van der Waals surface area contributed by atoms with Crippen LogP contribution in [0.3, 0.4) is 0 Å². The first-order chi connectivity index (χ1) is 25.3. The van der Waals surface area contributed by atoms with E-state index in [0.717, 1.165) is 34.7 Å². The van der Waals surface area contributed by atoms with Crippen LogP contribution in [0.25, 0.3) is 11.4 Å². The molecule has 3 aliphatic rings. The molecule has 19 heteroatoms. The van der Waals surface area contributed by atoms with Crippen molar-refractivity contribution >= 4 is 61.6 Å². The third-order valence-corrected chi connectivity index (χ3v) is 12.0. The van der Waals surface area contributed by atoms with E-state index in [2.05, 4.69) is 24.7 Å². The molecule has 0 radical (unpaired) electrons. The summed E-state index contributed by atoms with van der Waals surface area (Å²) in [6.07, 6.45) is 0.344. The molecule has 53 heavy (non-hydrogen) atoms. The number of nitrogens with one attached hydrogen (secondary N) is 1. The maximum atomic E-state index is 14.3. The molecular weight excluding hydrogens is 739 g/mol. The van der Waals surface area contributed by atoms with E-state index in [9.17, 15) is 31.8 Å². The van der Waals surface area contributed by atoms with Crippen molar-refractivity contribution in [3.05, 3.63) is 80.8 Å². The summed E-state index contributed by atoms with van der Waals surface area (Å²) in [6, 6.07) is 5.93. The molecule has 2 fully saturated rings. The predicted octanol–water partition coefficient (Wildman–Crippen LogP) is 4.43. The molecule has 0 atom stereocenters. The van der Waals surface area contributed by atoms with Crippen molar-refractivity contribution in [2.45, 2.75) is 38.9 Å². The Labute approximate surface area is 306 Å². The van der Waals surface area contributed by atoms with E-state index in [1.807, 2.05) is 17.9 Å². The summed E-state index contributed by atoms with van der Waals surface area (Å²) >= 11 is 6.13. The van der Waals surface area contributed by atoms with Gasteiger partial charge in [-0.3, -0.25) is 14.4 Å². The zero-order chi connectivity index (χ0) is 37.5. The number of halogens is 4. The highest BCUT2D eigenvalue weighted by atomic mass is 35.5. The smallest absolute Gasteiger partial charge is 0.377 e. The number of nitrogens with zero attached hydrogens (tertiary/aromatic N) is 8. The van der Waals surface area contributed by atoms with Crippen LogP contribution in [0, 0.1) is 0 Å². The molecule has 4 aromatic rings. The molecule has 0 unspecified atom stereocenters. The van der Waals surface area contributed by atoms with Crippen LogP contribution in [0.5, 0.6) is 0 Å². The minimum Gasteiger partial charge on any atom is -0.377 e. The lowest BCUT2D eigenvalue weighted by atomic mass is 10.1. The van der Waals surface area contributed by atoms with Gasteiger partial charge in [0.25, 0.3) is 11.5 Å². The van der Waals surface area contributed by atoms with Gasteiger partial charge in [0.05, 0.1) is 44.9 Å². The van der Waals surface area contributed by atoms with Crippen molar-refractivity contribution in [3.8, 4) is 0 Å². The average Bonchev–Trinajstić information content (AvgIpc) is 3.59. The van der Waals surface area contributed by atoms with Crippen LogP contribution >= 0.6 is 11.6 Å². The maximum absolute atomic E-state index is 14.3. The molecule has 7 rings (SSSR count). The van der Waals surface area contributed by atoms with E-state index < -0.39 is 32.9 Å². The van der Waals surface area contributed by atoms with Crippen LogP contribution in [-0.2, 0) is 38.4 Å². The maximum Gasteiger partial charge on any atom is 0.416 e. The van der Waals surface area contributed by atoms with Crippen molar-refractivity contribution in [2.75, 3.05) is 61.1 Å². The van der Waals surface area contributed by atoms with E-state index in [4.69, 9.17) is 16.3 Å². The van der Waals surface area contributed by atoms with Gasteiger partial charge >= 0.3 is 6.18 Å². The molecule has 0 aliphatic carbocycles. The number of hydrogen-bond acceptors (Lipinski definition) is 10. The predicted molar refractivity (Wildman–Crippen MR) is 192 cm³/mol. The Morgan fingerprint density at radius 1 is 1.13 bits per heavy atom. The molecule has 1 N–H and O–H groups in total.